The molecule has 0 bridgehead atoms. The van der Waals surface area contributed by atoms with Crippen LogP contribution in [0.2, 0.25) is 0 Å². The van der Waals surface area contributed by atoms with Gasteiger partial charge in [0.2, 0.25) is 0 Å². The molecule has 2 rings (SSSR count). The van der Waals surface area contributed by atoms with Crippen LogP contribution < -0.4 is 0 Å². The van der Waals surface area contributed by atoms with Crippen molar-refractivity contribution >= 4 is 0 Å². The third-order valence-corrected chi connectivity index (χ3v) is 2.74. The summed E-state index contributed by atoms with van der Waals surface area (Å²) in [6.45, 7) is 1.72. The topological polar surface area (TPSA) is 29.5 Å². The fraction of sp³-hybridized carbons (Fsp3) is 0.467. The van der Waals surface area contributed by atoms with Gasteiger partial charge in [-0.05, 0) is 36.5 Å². The Labute approximate surface area is 103 Å². The molecular weight excluding hydrogens is 212 g/mol. The maximum absolute atomic E-state index is 8.62. The Morgan fingerprint density at radius 1 is 1.24 bits per heavy atom. The minimum atomic E-state index is 0.125. The zero-order valence-corrected chi connectivity index (χ0v) is 9.98. The van der Waals surface area contributed by atoms with Crippen molar-refractivity contribution in [2.24, 2.45) is 5.92 Å². The van der Waals surface area contributed by atoms with Gasteiger partial charge in [-0.15, -0.1) is 0 Å². The van der Waals surface area contributed by atoms with Gasteiger partial charge < -0.3 is 9.84 Å². The minimum absolute atomic E-state index is 0.125. The first-order valence-corrected chi connectivity index (χ1v) is 6.15. The van der Waals surface area contributed by atoms with E-state index >= 15 is 0 Å². The number of benzene rings is 1. The van der Waals surface area contributed by atoms with Crippen LogP contribution in [0.4, 0.5) is 0 Å². The Bertz CT molecular complexity index is 393. The highest BCUT2D eigenvalue weighted by Crippen LogP contribution is 2.29. The molecule has 1 aliphatic carbocycles. The number of ether oxygens (including phenoxy) is 1. The maximum Gasteiger partial charge on any atom is 0.0717 e. The summed E-state index contributed by atoms with van der Waals surface area (Å²) < 4.78 is 5.61. The number of aliphatic hydroxyl groups excluding tert-OH is 1. The molecule has 1 saturated carbocycles. The van der Waals surface area contributed by atoms with Crippen molar-refractivity contribution in [1.29, 1.82) is 0 Å². The van der Waals surface area contributed by atoms with Crippen LogP contribution in [0.3, 0.4) is 0 Å². The summed E-state index contributed by atoms with van der Waals surface area (Å²) in [7, 11) is 0. The highest BCUT2D eigenvalue weighted by Gasteiger charge is 2.20. The Morgan fingerprint density at radius 3 is 2.65 bits per heavy atom. The largest absolute Gasteiger partial charge is 0.395 e. The van der Waals surface area contributed by atoms with E-state index in [1.165, 1.54) is 18.4 Å². The van der Waals surface area contributed by atoms with Gasteiger partial charge in [-0.2, -0.15) is 0 Å². The molecule has 0 aromatic heterocycles. The van der Waals surface area contributed by atoms with E-state index in [9.17, 15) is 0 Å². The van der Waals surface area contributed by atoms with Crippen molar-refractivity contribution in [3.05, 3.63) is 35.4 Å². The molecule has 1 aliphatic rings. The van der Waals surface area contributed by atoms with E-state index in [0.29, 0.717) is 13.0 Å². The maximum atomic E-state index is 8.62. The molecular formula is C15H18O2. The van der Waals surface area contributed by atoms with Crippen LogP contribution in [-0.2, 0) is 11.3 Å². The van der Waals surface area contributed by atoms with Crippen LogP contribution in [0.5, 0.6) is 0 Å². The number of hydrogen-bond acceptors (Lipinski definition) is 2. The van der Waals surface area contributed by atoms with Crippen LogP contribution in [0.15, 0.2) is 24.3 Å². The molecule has 0 heterocycles. The lowest BCUT2D eigenvalue weighted by molar-refractivity contribution is 0.111. The molecule has 0 aliphatic heterocycles. The molecule has 1 fully saturated rings. The van der Waals surface area contributed by atoms with Crippen molar-refractivity contribution < 1.29 is 9.84 Å². The van der Waals surface area contributed by atoms with Gasteiger partial charge >= 0.3 is 0 Å². The average molecular weight is 230 g/mol. The lowest BCUT2D eigenvalue weighted by atomic mass is 10.1. The Hall–Kier alpha value is -1.30. The van der Waals surface area contributed by atoms with Crippen molar-refractivity contribution in [1.82, 2.24) is 0 Å². The van der Waals surface area contributed by atoms with Crippen molar-refractivity contribution in [3.8, 4) is 11.8 Å². The summed E-state index contributed by atoms with van der Waals surface area (Å²) in [4.78, 5) is 0. The summed E-state index contributed by atoms with van der Waals surface area (Å²) in [6.07, 6.45) is 3.20. The summed E-state index contributed by atoms with van der Waals surface area (Å²) in [6, 6.07) is 8.10. The third kappa shape index (κ3) is 4.60. The lowest BCUT2D eigenvalue weighted by Gasteiger charge is -2.03. The highest BCUT2D eigenvalue weighted by molar-refractivity contribution is 5.35. The first-order chi connectivity index (χ1) is 8.38. The second-order valence-corrected chi connectivity index (χ2v) is 4.43. The molecule has 0 unspecified atom stereocenters. The molecule has 17 heavy (non-hydrogen) atoms. The van der Waals surface area contributed by atoms with E-state index in [1.807, 2.05) is 12.1 Å². The lowest BCUT2D eigenvalue weighted by Crippen LogP contribution is -1.96. The van der Waals surface area contributed by atoms with Gasteiger partial charge in [0.1, 0.15) is 0 Å². The van der Waals surface area contributed by atoms with E-state index in [-0.39, 0.29) is 6.61 Å². The molecule has 0 amide bonds. The molecule has 2 heteroatoms. The normalized spacial score (nSPS) is 14.2. The van der Waals surface area contributed by atoms with Gasteiger partial charge in [0.15, 0.2) is 0 Å². The Kier molecular flexibility index (Phi) is 4.61. The van der Waals surface area contributed by atoms with E-state index in [4.69, 9.17) is 9.84 Å². The zero-order valence-electron chi connectivity index (χ0n) is 9.98. The first kappa shape index (κ1) is 12.2. The zero-order chi connectivity index (χ0) is 11.9. The molecule has 90 valence electrons. The van der Waals surface area contributed by atoms with Crippen LogP contribution in [0.1, 0.15) is 30.4 Å². The second-order valence-electron chi connectivity index (χ2n) is 4.43. The molecule has 1 N–H and O–H groups in total. The van der Waals surface area contributed by atoms with Crippen LogP contribution in [0, 0.1) is 17.8 Å². The smallest absolute Gasteiger partial charge is 0.0717 e. The van der Waals surface area contributed by atoms with Crippen LogP contribution in [-0.4, -0.2) is 18.3 Å². The van der Waals surface area contributed by atoms with Gasteiger partial charge in [-0.25, -0.2) is 0 Å². The fourth-order valence-electron chi connectivity index (χ4n) is 1.53. The third-order valence-electron chi connectivity index (χ3n) is 2.74. The Balaban J connectivity index is 1.78. The number of hydrogen-bond donors (Lipinski definition) is 1. The standard InChI is InChI=1S/C15H18O2/c16-10-2-1-3-13-4-6-14(7-5-13)11-17-12-15-8-9-15/h4-7,15-16H,2,8-12H2. The average Bonchev–Trinajstić information content (AvgIpc) is 3.16. The van der Waals surface area contributed by atoms with Gasteiger partial charge in [0.25, 0.3) is 0 Å². The van der Waals surface area contributed by atoms with E-state index < -0.39 is 0 Å². The van der Waals surface area contributed by atoms with Gasteiger partial charge in [-0.1, -0.05) is 24.0 Å². The van der Waals surface area contributed by atoms with Crippen molar-refractivity contribution in [3.63, 3.8) is 0 Å². The quantitative estimate of drug-likeness (QED) is 0.787. The monoisotopic (exact) mass is 230 g/mol. The fourth-order valence-corrected chi connectivity index (χ4v) is 1.53. The summed E-state index contributed by atoms with van der Waals surface area (Å²) in [5.41, 5.74) is 2.18. The van der Waals surface area contributed by atoms with Crippen LogP contribution >= 0.6 is 0 Å². The molecule has 0 radical (unpaired) electrons. The van der Waals surface area contributed by atoms with E-state index in [1.54, 1.807) is 0 Å². The Morgan fingerprint density at radius 2 is 2.00 bits per heavy atom. The van der Waals surface area contributed by atoms with E-state index in [0.717, 1.165) is 18.1 Å². The van der Waals surface area contributed by atoms with Crippen molar-refractivity contribution in [2.45, 2.75) is 25.9 Å². The highest BCUT2D eigenvalue weighted by atomic mass is 16.5. The van der Waals surface area contributed by atoms with Gasteiger partial charge in [0, 0.05) is 18.6 Å². The summed E-state index contributed by atoms with van der Waals surface area (Å²) in [5.74, 6) is 6.73. The van der Waals surface area contributed by atoms with Crippen molar-refractivity contribution in [2.75, 3.05) is 13.2 Å². The molecule has 0 atom stereocenters. The summed E-state index contributed by atoms with van der Waals surface area (Å²) in [5, 5.41) is 8.62. The molecule has 0 spiro atoms. The summed E-state index contributed by atoms with van der Waals surface area (Å²) >= 11 is 0. The SMILES string of the molecule is OCCC#Cc1ccc(COCC2CC2)cc1. The predicted octanol–water partition coefficient (Wildman–Crippen LogP) is 2.35. The van der Waals surface area contributed by atoms with Gasteiger partial charge in [-0.3, -0.25) is 0 Å². The van der Waals surface area contributed by atoms with Gasteiger partial charge in [0.05, 0.1) is 13.2 Å². The number of rotatable bonds is 5. The van der Waals surface area contributed by atoms with E-state index in [2.05, 4.69) is 24.0 Å². The minimum Gasteiger partial charge on any atom is -0.395 e. The molecule has 1 aromatic rings. The molecule has 1 aromatic carbocycles. The first-order valence-electron chi connectivity index (χ1n) is 6.15. The second kappa shape index (κ2) is 6.44. The number of aliphatic hydroxyl groups is 1. The van der Waals surface area contributed by atoms with Crippen LogP contribution in [0.25, 0.3) is 0 Å². The molecule has 0 saturated heterocycles. The predicted molar refractivity (Wildman–Crippen MR) is 67.4 cm³/mol. The molecule has 2 nitrogen and oxygen atoms in total.